The van der Waals surface area contributed by atoms with Gasteiger partial charge in [-0.3, -0.25) is 19.9 Å². The van der Waals surface area contributed by atoms with Crippen molar-refractivity contribution in [3.8, 4) is 5.69 Å². The third-order valence-corrected chi connectivity index (χ3v) is 4.66. The number of imide groups is 2. The predicted molar refractivity (Wildman–Crippen MR) is 107 cm³/mol. The second-order valence-electron chi connectivity index (χ2n) is 5.95. The summed E-state index contributed by atoms with van der Waals surface area (Å²) in [4.78, 5) is 42.3. The topological polar surface area (TPSA) is 84.3 Å². The Morgan fingerprint density at radius 2 is 1.82 bits per heavy atom. The van der Waals surface area contributed by atoms with Crippen molar-refractivity contribution in [3.05, 3.63) is 82.9 Å². The van der Waals surface area contributed by atoms with Gasteiger partial charge in [-0.25, -0.2) is 9.69 Å². The van der Waals surface area contributed by atoms with Crippen LogP contribution in [-0.4, -0.2) is 27.4 Å². The second-order valence-corrected chi connectivity index (χ2v) is 6.87. The number of anilines is 1. The molecule has 0 radical (unpaired) electrons. The molecule has 4 rings (SSSR count). The Bertz CT molecular complexity index is 1120. The first-order valence-electron chi connectivity index (χ1n) is 8.29. The van der Waals surface area contributed by atoms with Crippen molar-refractivity contribution in [1.82, 2.24) is 14.9 Å². The number of halogens is 1. The minimum absolute atomic E-state index is 0.140. The zero-order valence-corrected chi connectivity index (χ0v) is 16.0. The molecule has 0 atom stereocenters. The summed E-state index contributed by atoms with van der Waals surface area (Å²) < 4.78 is 2.74. The molecule has 0 aliphatic carbocycles. The number of urea groups is 1. The second kappa shape index (κ2) is 7.24. The highest BCUT2D eigenvalue weighted by atomic mass is 79.9. The molecule has 1 N–H and O–H groups in total. The van der Waals surface area contributed by atoms with Crippen LogP contribution in [0.2, 0.25) is 0 Å². The van der Waals surface area contributed by atoms with E-state index in [2.05, 4.69) is 26.2 Å². The summed E-state index contributed by atoms with van der Waals surface area (Å²) in [5, 5.41) is 2.20. The van der Waals surface area contributed by atoms with Crippen LogP contribution >= 0.6 is 15.9 Å². The Kier molecular flexibility index (Phi) is 4.62. The standard InChI is InChI=1S/C20H13BrN4O3/c21-13-4-1-5-14(10-13)24-9-3-7-15(24)11-17-18(26)23-20(28)25(19(17)27)16-6-2-8-22-12-16/h1-12H,(H,23,26,28)/b17-11+. The molecule has 7 nitrogen and oxygen atoms in total. The van der Waals surface area contributed by atoms with Crippen LogP contribution in [0.1, 0.15) is 5.69 Å². The zero-order chi connectivity index (χ0) is 19.7. The molecule has 4 amide bonds. The summed E-state index contributed by atoms with van der Waals surface area (Å²) in [5.74, 6) is -1.44. The van der Waals surface area contributed by atoms with Gasteiger partial charge in [0.05, 0.1) is 11.9 Å². The lowest BCUT2D eigenvalue weighted by atomic mass is 10.1. The van der Waals surface area contributed by atoms with Crippen molar-refractivity contribution in [2.24, 2.45) is 0 Å². The number of carbonyl (C=O) groups is 3. The van der Waals surface area contributed by atoms with Crippen molar-refractivity contribution >= 4 is 45.5 Å². The molecule has 1 aliphatic rings. The van der Waals surface area contributed by atoms with Crippen molar-refractivity contribution in [2.75, 3.05) is 4.90 Å². The van der Waals surface area contributed by atoms with Gasteiger partial charge in [0.1, 0.15) is 5.57 Å². The van der Waals surface area contributed by atoms with E-state index in [1.165, 1.54) is 18.5 Å². The summed E-state index contributed by atoms with van der Waals surface area (Å²) in [6.07, 6.45) is 6.20. The molecule has 0 bridgehead atoms. The Balaban J connectivity index is 1.76. The summed E-state index contributed by atoms with van der Waals surface area (Å²) in [7, 11) is 0. The van der Waals surface area contributed by atoms with E-state index < -0.39 is 17.8 Å². The fourth-order valence-corrected chi connectivity index (χ4v) is 3.29. The molecular weight excluding hydrogens is 424 g/mol. The van der Waals surface area contributed by atoms with Crippen molar-refractivity contribution in [2.45, 2.75) is 0 Å². The van der Waals surface area contributed by atoms with Gasteiger partial charge in [-0.05, 0) is 48.5 Å². The molecular formula is C20H13BrN4O3. The Hall–Kier alpha value is -3.52. The molecule has 1 aliphatic heterocycles. The van der Waals surface area contributed by atoms with Crippen LogP contribution < -0.4 is 10.2 Å². The van der Waals surface area contributed by atoms with Gasteiger partial charge in [-0.1, -0.05) is 22.0 Å². The average molecular weight is 437 g/mol. The maximum Gasteiger partial charge on any atom is 0.336 e. The molecule has 0 saturated carbocycles. The molecule has 1 saturated heterocycles. The van der Waals surface area contributed by atoms with Gasteiger partial charge in [0, 0.05) is 28.2 Å². The molecule has 8 heteroatoms. The predicted octanol–water partition coefficient (Wildman–Crippen LogP) is 3.30. The van der Waals surface area contributed by atoms with E-state index in [1.807, 2.05) is 41.1 Å². The van der Waals surface area contributed by atoms with E-state index in [9.17, 15) is 14.4 Å². The van der Waals surface area contributed by atoms with E-state index in [1.54, 1.807) is 18.2 Å². The first-order chi connectivity index (χ1) is 13.5. The number of hydrogen-bond acceptors (Lipinski definition) is 4. The van der Waals surface area contributed by atoms with E-state index in [-0.39, 0.29) is 11.3 Å². The van der Waals surface area contributed by atoms with Crippen LogP contribution in [0.5, 0.6) is 0 Å². The fourth-order valence-electron chi connectivity index (χ4n) is 2.90. The van der Waals surface area contributed by atoms with Crippen molar-refractivity contribution < 1.29 is 14.4 Å². The lowest BCUT2D eigenvalue weighted by Crippen LogP contribution is -2.54. The molecule has 1 fully saturated rings. The summed E-state index contributed by atoms with van der Waals surface area (Å²) in [6.45, 7) is 0. The zero-order valence-electron chi connectivity index (χ0n) is 14.4. The minimum Gasteiger partial charge on any atom is -0.317 e. The number of carbonyl (C=O) groups excluding carboxylic acids is 3. The number of aromatic nitrogens is 2. The molecule has 0 spiro atoms. The maximum absolute atomic E-state index is 12.9. The van der Waals surface area contributed by atoms with Crippen LogP contribution in [0.25, 0.3) is 11.8 Å². The fraction of sp³-hybridized carbons (Fsp3) is 0. The summed E-state index contributed by atoms with van der Waals surface area (Å²) >= 11 is 3.43. The Labute approximate surface area is 168 Å². The lowest BCUT2D eigenvalue weighted by Gasteiger charge is -2.26. The number of pyridine rings is 1. The number of barbiturate groups is 1. The smallest absolute Gasteiger partial charge is 0.317 e. The number of amides is 4. The molecule has 28 heavy (non-hydrogen) atoms. The van der Waals surface area contributed by atoms with Crippen LogP contribution in [0.15, 0.2) is 77.2 Å². The Morgan fingerprint density at radius 3 is 2.57 bits per heavy atom. The summed E-state index contributed by atoms with van der Waals surface area (Å²) in [5.41, 5.74) is 1.62. The van der Waals surface area contributed by atoms with E-state index in [0.717, 1.165) is 15.1 Å². The normalized spacial score (nSPS) is 15.8. The number of hydrogen-bond donors (Lipinski definition) is 1. The van der Waals surface area contributed by atoms with Gasteiger partial charge < -0.3 is 4.57 Å². The molecule has 3 aromatic rings. The van der Waals surface area contributed by atoms with Crippen molar-refractivity contribution in [1.29, 1.82) is 0 Å². The molecule has 138 valence electrons. The third-order valence-electron chi connectivity index (χ3n) is 4.16. The monoisotopic (exact) mass is 436 g/mol. The Morgan fingerprint density at radius 1 is 1.00 bits per heavy atom. The quantitative estimate of drug-likeness (QED) is 0.504. The molecule has 1 aromatic carbocycles. The molecule has 2 aromatic heterocycles. The summed E-state index contributed by atoms with van der Waals surface area (Å²) in [6, 6.07) is 13.6. The van der Waals surface area contributed by atoms with Gasteiger partial charge in [-0.15, -0.1) is 0 Å². The number of benzene rings is 1. The van der Waals surface area contributed by atoms with Gasteiger partial charge in [0.25, 0.3) is 11.8 Å². The first kappa shape index (κ1) is 17.9. The average Bonchev–Trinajstić information content (AvgIpc) is 3.14. The van der Waals surface area contributed by atoms with E-state index >= 15 is 0 Å². The minimum atomic E-state index is -0.803. The van der Waals surface area contributed by atoms with Crippen LogP contribution in [0, 0.1) is 0 Å². The lowest BCUT2D eigenvalue weighted by molar-refractivity contribution is -0.122. The van der Waals surface area contributed by atoms with Crippen LogP contribution in [0.4, 0.5) is 10.5 Å². The van der Waals surface area contributed by atoms with Gasteiger partial charge in [0.2, 0.25) is 0 Å². The number of nitrogens with one attached hydrogen (secondary N) is 1. The van der Waals surface area contributed by atoms with Crippen LogP contribution in [-0.2, 0) is 9.59 Å². The third kappa shape index (κ3) is 3.25. The van der Waals surface area contributed by atoms with Gasteiger partial charge >= 0.3 is 6.03 Å². The molecule has 0 unspecified atom stereocenters. The number of nitrogens with zero attached hydrogens (tertiary/aromatic N) is 3. The number of rotatable bonds is 3. The highest BCUT2D eigenvalue weighted by Gasteiger charge is 2.37. The van der Waals surface area contributed by atoms with Crippen LogP contribution in [0.3, 0.4) is 0 Å². The highest BCUT2D eigenvalue weighted by Crippen LogP contribution is 2.23. The largest absolute Gasteiger partial charge is 0.336 e. The SMILES string of the molecule is O=C1NC(=O)N(c2cccnc2)C(=O)/C1=C/c1cccn1-c1cccc(Br)c1. The maximum atomic E-state index is 12.9. The van der Waals surface area contributed by atoms with Gasteiger partial charge in [0.15, 0.2) is 0 Å². The molecule has 3 heterocycles. The van der Waals surface area contributed by atoms with Gasteiger partial charge in [-0.2, -0.15) is 0 Å². The first-order valence-corrected chi connectivity index (χ1v) is 9.09. The highest BCUT2D eigenvalue weighted by molar-refractivity contribution is 9.10. The van der Waals surface area contributed by atoms with Crippen molar-refractivity contribution in [3.63, 3.8) is 0 Å². The van der Waals surface area contributed by atoms with E-state index in [0.29, 0.717) is 5.69 Å². The van der Waals surface area contributed by atoms with E-state index in [4.69, 9.17) is 0 Å².